The maximum absolute atomic E-state index is 13.5. The number of aromatic nitrogens is 2. The summed E-state index contributed by atoms with van der Waals surface area (Å²) in [7, 11) is 0. The minimum absolute atomic E-state index is 0.209. The second-order valence-electron chi connectivity index (χ2n) is 3.74. The first-order chi connectivity index (χ1) is 9.36. The van der Waals surface area contributed by atoms with E-state index in [1.807, 2.05) is 0 Å². The van der Waals surface area contributed by atoms with Crippen molar-refractivity contribution >= 4 is 15.9 Å². The summed E-state index contributed by atoms with van der Waals surface area (Å²) >= 11 is 3.13. The van der Waals surface area contributed by atoms with E-state index in [1.165, 1.54) is 6.07 Å². The van der Waals surface area contributed by atoms with Crippen LogP contribution in [0.2, 0.25) is 0 Å². The molecule has 0 aliphatic heterocycles. The van der Waals surface area contributed by atoms with Crippen LogP contribution in [0, 0.1) is 5.82 Å². The summed E-state index contributed by atoms with van der Waals surface area (Å²) in [4.78, 5) is 7.36. The molecule has 0 aliphatic carbocycles. The van der Waals surface area contributed by atoms with Crippen molar-refractivity contribution in [3.63, 3.8) is 0 Å². The maximum atomic E-state index is 13.5. The summed E-state index contributed by atoms with van der Waals surface area (Å²) in [5.41, 5.74) is -1.36. The van der Waals surface area contributed by atoms with E-state index in [4.69, 9.17) is 4.74 Å². The van der Waals surface area contributed by atoms with Crippen molar-refractivity contribution in [2.24, 2.45) is 0 Å². The summed E-state index contributed by atoms with van der Waals surface area (Å²) in [5, 5.41) is 0. The Hall–Kier alpha value is -1.70. The third kappa shape index (κ3) is 3.66. The average Bonchev–Trinajstić information content (AvgIpc) is 2.36. The molecule has 3 nitrogen and oxygen atoms in total. The molecule has 0 aliphatic rings. The highest BCUT2D eigenvalue weighted by molar-refractivity contribution is 9.10. The number of pyridine rings is 2. The van der Waals surface area contributed by atoms with Crippen molar-refractivity contribution in [1.82, 2.24) is 9.97 Å². The van der Waals surface area contributed by atoms with Crippen LogP contribution < -0.4 is 4.74 Å². The topological polar surface area (TPSA) is 35.0 Å². The van der Waals surface area contributed by atoms with Crippen LogP contribution in [0.3, 0.4) is 0 Å². The zero-order valence-electron chi connectivity index (χ0n) is 9.79. The first kappa shape index (κ1) is 14.7. The van der Waals surface area contributed by atoms with Crippen molar-refractivity contribution in [1.29, 1.82) is 0 Å². The molecule has 106 valence electrons. The van der Waals surface area contributed by atoms with Gasteiger partial charge < -0.3 is 4.74 Å². The highest BCUT2D eigenvalue weighted by atomic mass is 79.9. The van der Waals surface area contributed by atoms with Gasteiger partial charge in [0.05, 0.1) is 5.56 Å². The molecule has 0 amide bonds. The third-order valence-electron chi connectivity index (χ3n) is 2.29. The molecule has 20 heavy (non-hydrogen) atoms. The van der Waals surface area contributed by atoms with E-state index >= 15 is 0 Å². The summed E-state index contributed by atoms with van der Waals surface area (Å²) in [6, 6.07) is 5.25. The second-order valence-corrected chi connectivity index (χ2v) is 4.55. The minimum Gasteiger partial charge on any atom is -0.471 e. The van der Waals surface area contributed by atoms with Gasteiger partial charge in [0.1, 0.15) is 22.7 Å². The Morgan fingerprint density at radius 1 is 1.25 bits per heavy atom. The number of rotatable bonds is 3. The normalized spacial score (nSPS) is 11.4. The van der Waals surface area contributed by atoms with Gasteiger partial charge >= 0.3 is 6.18 Å². The molecule has 0 fully saturated rings. The van der Waals surface area contributed by atoms with E-state index < -0.39 is 17.6 Å². The molecule has 0 atom stereocenters. The van der Waals surface area contributed by atoms with E-state index in [2.05, 4.69) is 25.9 Å². The largest absolute Gasteiger partial charge is 0.471 e. The van der Waals surface area contributed by atoms with Crippen LogP contribution in [0.4, 0.5) is 17.6 Å². The molecule has 0 unspecified atom stereocenters. The molecule has 2 aromatic rings. The van der Waals surface area contributed by atoms with Crippen LogP contribution in [-0.4, -0.2) is 9.97 Å². The van der Waals surface area contributed by atoms with Crippen molar-refractivity contribution in [3.05, 3.63) is 52.1 Å². The maximum Gasteiger partial charge on any atom is 0.417 e. The summed E-state index contributed by atoms with van der Waals surface area (Å²) in [6.45, 7) is -0.312. The molecule has 8 heteroatoms. The van der Waals surface area contributed by atoms with Gasteiger partial charge in [-0.05, 0) is 28.1 Å². The van der Waals surface area contributed by atoms with Gasteiger partial charge in [-0.3, -0.25) is 4.98 Å². The third-order valence-corrected chi connectivity index (χ3v) is 2.73. The number of halogens is 5. The zero-order valence-corrected chi connectivity index (χ0v) is 11.4. The van der Waals surface area contributed by atoms with E-state index in [0.29, 0.717) is 16.9 Å². The monoisotopic (exact) mass is 350 g/mol. The quantitative estimate of drug-likeness (QED) is 0.620. The fraction of sp³-hybridized carbons (Fsp3) is 0.167. The molecule has 0 N–H and O–H groups in total. The Balaban J connectivity index is 2.11. The Kier molecular flexibility index (Phi) is 4.22. The fourth-order valence-electron chi connectivity index (χ4n) is 1.34. The Morgan fingerprint density at radius 3 is 2.60 bits per heavy atom. The van der Waals surface area contributed by atoms with Crippen molar-refractivity contribution in [2.45, 2.75) is 12.8 Å². The van der Waals surface area contributed by atoms with Gasteiger partial charge in [-0.15, -0.1) is 0 Å². The van der Waals surface area contributed by atoms with Crippen molar-refractivity contribution in [2.75, 3.05) is 0 Å². The lowest BCUT2D eigenvalue weighted by Crippen LogP contribution is -2.09. The molecule has 0 bridgehead atoms. The van der Waals surface area contributed by atoms with E-state index in [1.54, 1.807) is 12.1 Å². The highest BCUT2D eigenvalue weighted by Gasteiger charge is 2.31. The van der Waals surface area contributed by atoms with E-state index in [-0.39, 0.29) is 18.2 Å². The zero-order chi connectivity index (χ0) is 14.8. The predicted octanol–water partition coefficient (Wildman–Crippen LogP) is 3.98. The van der Waals surface area contributed by atoms with Crippen LogP contribution in [0.15, 0.2) is 35.1 Å². The van der Waals surface area contributed by atoms with E-state index in [0.717, 1.165) is 0 Å². The van der Waals surface area contributed by atoms with Gasteiger partial charge in [0.2, 0.25) is 5.88 Å². The molecular weight excluding hydrogens is 344 g/mol. The minimum atomic E-state index is -4.63. The lowest BCUT2D eigenvalue weighted by Gasteiger charge is -2.09. The number of nitrogens with zero attached hydrogens (tertiary/aromatic N) is 2. The Morgan fingerprint density at radius 2 is 2.00 bits per heavy atom. The predicted molar refractivity (Wildman–Crippen MR) is 65.5 cm³/mol. The molecular formula is C12H7BrF4N2O. The van der Waals surface area contributed by atoms with Crippen LogP contribution in [0.5, 0.6) is 5.88 Å². The van der Waals surface area contributed by atoms with Gasteiger partial charge in [0.25, 0.3) is 0 Å². The van der Waals surface area contributed by atoms with Gasteiger partial charge in [0, 0.05) is 12.3 Å². The Bertz CT molecular complexity index is 619. The Labute approximate surface area is 119 Å². The fourth-order valence-corrected chi connectivity index (χ4v) is 1.67. The second kappa shape index (κ2) is 5.74. The molecule has 0 saturated carbocycles. The van der Waals surface area contributed by atoms with Crippen LogP contribution in [0.1, 0.15) is 11.3 Å². The van der Waals surface area contributed by atoms with Crippen LogP contribution >= 0.6 is 15.9 Å². The van der Waals surface area contributed by atoms with Crippen LogP contribution in [-0.2, 0) is 12.8 Å². The summed E-state index contributed by atoms with van der Waals surface area (Å²) in [6.07, 6.45) is -4.06. The molecule has 0 spiro atoms. The molecule has 0 radical (unpaired) electrons. The number of hydrogen-bond acceptors (Lipinski definition) is 3. The van der Waals surface area contributed by atoms with Crippen molar-refractivity contribution in [3.8, 4) is 5.88 Å². The smallest absolute Gasteiger partial charge is 0.417 e. The van der Waals surface area contributed by atoms with Gasteiger partial charge in [-0.2, -0.15) is 13.2 Å². The van der Waals surface area contributed by atoms with Crippen molar-refractivity contribution < 1.29 is 22.3 Å². The first-order valence-corrected chi connectivity index (χ1v) is 6.12. The first-order valence-electron chi connectivity index (χ1n) is 5.33. The number of ether oxygens (including phenoxy) is 1. The van der Waals surface area contributed by atoms with Crippen LogP contribution in [0.25, 0.3) is 0 Å². The van der Waals surface area contributed by atoms with Gasteiger partial charge in [-0.25, -0.2) is 9.37 Å². The molecule has 2 rings (SSSR count). The average molecular weight is 351 g/mol. The standard InChI is InChI=1S/C12H7BrF4N2O/c13-10-2-1-3-11(19-10)20-6-9-8(14)4-7(5-18-9)12(15,16)17/h1-5H,6H2. The number of alkyl halides is 3. The molecule has 0 saturated heterocycles. The number of hydrogen-bond donors (Lipinski definition) is 0. The molecule has 0 aromatic carbocycles. The summed E-state index contributed by atoms with van der Waals surface area (Å²) < 4.78 is 56.2. The summed E-state index contributed by atoms with van der Waals surface area (Å²) in [5.74, 6) is -0.865. The van der Waals surface area contributed by atoms with Gasteiger partial charge in [0.15, 0.2) is 0 Å². The highest BCUT2D eigenvalue weighted by Crippen LogP contribution is 2.29. The molecule has 2 aromatic heterocycles. The SMILES string of the molecule is Fc1cc(C(F)(F)F)cnc1COc1cccc(Br)n1. The van der Waals surface area contributed by atoms with E-state index in [9.17, 15) is 17.6 Å². The lowest BCUT2D eigenvalue weighted by atomic mass is 10.2. The lowest BCUT2D eigenvalue weighted by molar-refractivity contribution is -0.138. The molecule has 2 heterocycles. The van der Waals surface area contributed by atoms with Gasteiger partial charge in [-0.1, -0.05) is 6.07 Å².